The van der Waals surface area contributed by atoms with E-state index in [1.54, 1.807) is 7.11 Å². The molecular weight excluding hydrogens is 159 g/mol. The van der Waals surface area contributed by atoms with Crippen molar-refractivity contribution in [3.63, 3.8) is 0 Å². The van der Waals surface area contributed by atoms with Crippen LogP contribution >= 0.6 is 0 Å². The maximum Gasteiger partial charge on any atom is 0.0866 e. The van der Waals surface area contributed by atoms with Crippen molar-refractivity contribution in [1.29, 1.82) is 0 Å². The fourth-order valence-corrected chi connectivity index (χ4v) is 0.750. The van der Waals surface area contributed by atoms with Gasteiger partial charge >= 0.3 is 0 Å². The number of hydrogen-bond acceptors (Lipinski definition) is 2. The molecule has 0 aromatic rings. The largest absolute Gasteiger partial charge is 0.379 e. The number of methoxy groups -OCH3 is 1. The molecule has 0 aromatic carbocycles. The van der Waals surface area contributed by atoms with Crippen LogP contribution < -0.4 is 0 Å². The molecule has 1 heterocycles. The summed E-state index contributed by atoms with van der Waals surface area (Å²) in [4.78, 5) is 0. The van der Waals surface area contributed by atoms with Gasteiger partial charge in [-0.2, -0.15) is 0 Å². The summed E-state index contributed by atoms with van der Waals surface area (Å²) in [5, 5.41) is 0. The smallest absolute Gasteiger partial charge is 0.0866 e. The maximum absolute atomic E-state index is 10.7. The standard InChI is InChI=1S/C5H10O2.C4H5F/c1-6-5-2-3-7-4-5;1-2-3-4-5/h5H,2-4H2,1H3;2-4H,1H2/b;4-3+/t5-;/m0./s1. The van der Waals surface area contributed by atoms with Crippen molar-refractivity contribution in [2.24, 2.45) is 0 Å². The summed E-state index contributed by atoms with van der Waals surface area (Å²) in [6.45, 7) is 4.89. The van der Waals surface area contributed by atoms with Gasteiger partial charge in [0, 0.05) is 13.7 Å². The molecule has 0 aromatic heterocycles. The predicted molar refractivity (Wildman–Crippen MR) is 46.7 cm³/mol. The molecule has 70 valence electrons. The molecule has 1 saturated heterocycles. The molecule has 0 unspecified atom stereocenters. The van der Waals surface area contributed by atoms with E-state index in [2.05, 4.69) is 6.58 Å². The van der Waals surface area contributed by atoms with E-state index in [0.29, 0.717) is 12.4 Å². The van der Waals surface area contributed by atoms with Crippen LogP contribution in [0.4, 0.5) is 4.39 Å². The Hall–Kier alpha value is -0.670. The lowest BCUT2D eigenvalue weighted by atomic mass is 10.3. The van der Waals surface area contributed by atoms with Crippen molar-refractivity contribution < 1.29 is 13.9 Å². The van der Waals surface area contributed by atoms with E-state index < -0.39 is 0 Å². The molecule has 3 heteroatoms. The monoisotopic (exact) mass is 174 g/mol. The summed E-state index contributed by atoms with van der Waals surface area (Å²) >= 11 is 0. The second-order valence-electron chi connectivity index (χ2n) is 2.28. The third-order valence-corrected chi connectivity index (χ3v) is 1.43. The highest BCUT2D eigenvalue weighted by molar-refractivity contribution is 4.91. The van der Waals surface area contributed by atoms with Crippen LogP contribution in [0, 0.1) is 0 Å². The van der Waals surface area contributed by atoms with Crippen LogP contribution in [-0.2, 0) is 9.47 Å². The lowest BCUT2D eigenvalue weighted by Gasteiger charge is -2.00. The normalized spacial score (nSPS) is 22.0. The van der Waals surface area contributed by atoms with Crippen LogP contribution in [0.1, 0.15) is 6.42 Å². The summed E-state index contributed by atoms with van der Waals surface area (Å²) < 4.78 is 20.8. The van der Waals surface area contributed by atoms with E-state index >= 15 is 0 Å². The molecule has 0 bridgehead atoms. The third kappa shape index (κ3) is 6.07. The first-order chi connectivity index (χ1) is 5.85. The number of ether oxygens (including phenoxy) is 2. The molecule has 1 aliphatic rings. The first-order valence-corrected chi connectivity index (χ1v) is 3.83. The Morgan fingerprint density at radius 1 is 1.67 bits per heavy atom. The van der Waals surface area contributed by atoms with Gasteiger partial charge in [-0.15, -0.1) is 0 Å². The number of rotatable bonds is 2. The van der Waals surface area contributed by atoms with Gasteiger partial charge < -0.3 is 9.47 Å². The van der Waals surface area contributed by atoms with Gasteiger partial charge in [-0.3, -0.25) is 0 Å². The van der Waals surface area contributed by atoms with Crippen molar-refractivity contribution in [2.45, 2.75) is 12.5 Å². The van der Waals surface area contributed by atoms with Crippen LogP contribution in [-0.4, -0.2) is 26.4 Å². The molecule has 0 spiro atoms. The van der Waals surface area contributed by atoms with Gasteiger partial charge in [-0.25, -0.2) is 4.39 Å². The molecule has 1 aliphatic heterocycles. The molecular formula is C9H15FO2. The lowest BCUT2D eigenvalue weighted by Crippen LogP contribution is -2.07. The minimum absolute atomic E-state index is 0.375. The zero-order valence-corrected chi connectivity index (χ0v) is 7.33. The summed E-state index contributed by atoms with van der Waals surface area (Å²) in [6.07, 6.45) is 4.48. The molecule has 0 aliphatic carbocycles. The fraction of sp³-hybridized carbons (Fsp3) is 0.556. The predicted octanol–water partition coefficient (Wildman–Crippen LogP) is 2.08. The van der Waals surface area contributed by atoms with Gasteiger partial charge in [0.05, 0.1) is 19.0 Å². The van der Waals surface area contributed by atoms with Gasteiger partial charge in [-0.05, 0) is 12.5 Å². The summed E-state index contributed by atoms with van der Waals surface area (Å²) in [6, 6.07) is 0. The highest BCUT2D eigenvalue weighted by atomic mass is 19.1. The minimum Gasteiger partial charge on any atom is -0.379 e. The van der Waals surface area contributed by atoms with Crippen LogP contribution in [0.5, 0.6) is 0 Å². The van der Waals surface area contributed by atoms with Crippen molar-refractivity contribution in [2.75, 3.05) is 20.3 Å². The highest BCUT2D eigenvalue weighted by Gasteiger charge is 2.12. The lowest BCUT2D eigenvalue weighted by molar-refractivity contribution is 0.0822. The van der Waals surface area contributed by atoms with Gasteiger partial charge in [0.1, 0.15) is 0 Å². The molecule has 12 heavy (non-hydrogen) atoms. The van der Waals surface area contributed by atoms with Gasteiger partial charge in [0.15, 0.2) is 0 Å². The molecule has 1 rings (SSSR count). The third-order valence-electron chi connectivity index (χ3n) is 1.43. The van der Waals surface area contributed by atoms with E-state index in [-0.39, 0.29) is 0 Å². The molecule has 2 nitrogen and oxygen atoms in total. The topological polar surface area (TPSA) is 18.5 Å². The number of hydrogen-bond donors (Lipinski definition) is 0. The van der Waals surface area contributed by atoms with Crippen LogP contribution in [0.3, 0.4) is 0 Å². The zero-order valence-electron chi connectivity index (χ0n) is 7.33. The summed E-state index contributed by atoms with van der Waals surface area (Å²) in [5.41, 5.74) is 0. The van der Waals surface area contributed by atoms with Crippen LogP contribution in [0.25, 0.3) is 0 Å². The first-order valence-electron chi connectivity index (χ1n) is 3.83. The average molecular weight is 174 g/mol. The highest BCUT2D eigenvalue weighted by Crippen LogP contribution is 2.05. The Balaban J connectivity index is 0.000000217. The van der Waals surface area contributed by atoms with E-state index in [4.69, 9.17) is 9.47 Å². The quantitative estimate of drug-likeness (QED) is 0.597. The van der Waals surface area contributed by atoms with E-state index in [0.717, 1.165) is 19.6 Å². The Labute approximate surface area is 72.7 Å². The summed E-state index contributed by atoms with van der Waals surface area (Å²) in [5.74, 6) is 0. The first kappa shape index (κ1) is 11.3. The zero-order chi connectivity index (χ0) is 9.23. The molecule has 0 N–H and O–H groups in total. The minimum atomic E-state index is 0.375. The van der Waals surface area contributed by atoms with Gasteiger partial charge in [0.2, 0.25) is 0 Å². The van der Waals surface area contributed by atoms with E-state index in [9.17, 15) is 4.39 Å². The molecule has 0 saturated carbocycles. The molecule has 0 radical (unpaired) electrons. The van der Waals surface area contributed by atoms with Crippen molar-refractivity contribution in [1.82, 2.24) is 0 Å². The Bertz CT molecular complexity index is 128. The van der Waals surface area contributed by atoms with Gasteiger partial charge in [0.25, 0.3) is 0 Å². The maximum atomic E-state index is 10.7. The van der Waals surface area contributed by atoms with Crippen molar-refractivity contribution in [3.8, 4) is 0 Å². The number of allylic oxidation sites excluding steroid dienone is 2. The molecule has 1 fully saturated rings. The Morgan fingerprint density at radius 2 is 2.42 bits per heavy atom. The average Bonchev–Trinajstić information content (AvgIpc) is 2.58. The second-order valence-corrected chi connectivity index (χ2v) is 2.28. The van der Waals surface area contributed by atoms with E-state index in [1.165, 1.54) is 12.2 Å². The molecule has 0 amide bonds. The second kappa shape index (κ2) is 8.43. The SMILES string of the molecule is C=C/C=C/F.CO[C@H]1CCOC1. The summed E-state index contributed by atoms with van der Waals surface area (Å²) in [7, 11) is 1.72. The van der Waals surface area contributed by atoms with Crippen molar-refractivity contribution in [3.05, 3.63) is 25.1 Å². The van der Waals surface area contributed by atoms with Gasteiger partial charge in [-0.1, -0.05) is 12.7 Å². The fourth-order valence-electron chi connectivity index (χ4n) is 0.750. The van der Waals surface area contributed by atoms with Crippen molar-refractivity contribution >= 4 is 0 Å². The van der Waals surface area contributed by atoms with Crippen LogP contribution in [0.2, 0.25) is 0 Å². The van der Waals surface area contributed by atoms with Crippen LogP contribution in [0.15, 0.2) is 25.1 Å². The number of halogens is 1. The Morgan fingerprint density at radius 3 is 2.58 bits per heavy atom. The van der Waals surface area contributed by atoms with E-state index in [1.807, 2.05) is 0 Å². The molecule has 1 atom stereocenters. The Kier molecular flexibility index (Phi) is 7.96.